The van der Waals surface area contributed by atoms with Crippen LogP contribution in [-0.4, -0.2) is 32.5 Å². The minimum Gasteiger partial charge on any atom is -0.313 e. The topological polar surface area (TPSA) is 54.9 Å². The molecule has 1 aromatic rings. The van der Waals surface area contributed by atoms with Crippen LogP contribution < -0.4 is 5.32 Å². The summed E-state index contributed by atoms with van der Waals surface area (Å²) in [6.07, 6.45) is 5.19. The van der Waals surface area contributed by atoms with Crippen LogP contribution in [0.4, 0.5) is 0 Å². The minimum absolute atomic E-state index is 0.338. The predicted octanol–water partition coefficient (Wildman–Crippen LogP) is 0.990. The molecule has 1 saturated heterocycles. The molecule has 1 aromatic heterocycles. The lowest BCUT2D eigenvalue weighted by molar-refractivity contribution is 0.638. The van der Waals surface area contributed by atoms with Crippen LogP contribution in [0.5, 0.6) is 0 Å². The van der Waals surface area contributed by atoms with Crippen LogP contribution in [0.1, 0.15) is 12.8 Å². The third-order valence-corrected chi connectivity index (χ3v) is 3.83. The van der Waals surface area contributed by atoms with E-state index in [1.165, 1.54) is 12.4 Å². The van der Waals surface area contributed by atoms with E-state index in [1.54, 1.807) is 0 Å². The van der Waals surface area contributed by atoms with Crippen molar-refractivity contribution in [2.24, 2.45) is 0 Å². The van der Waals surface area contributed by atoms with Gasteiger partial charge in [0.1, 0.15) is 0 Å². The summed E-state index contributed by atoms with van der Waals surface area (Å²) in [7, 11) is -1.12. The molecule has 0 radical (unpaired) electrons. The first kappa shape index (κ1) is 11.0. The number of hydrogen-bond donors (Lipinski definition) is 1. The van der Waals surface area contributed by atoms with Crippen LogP contribution in [0, 0.1) is 0 Å². The summed E-state index contributed by atoms with van der Waals surface area (Å²) in [5.41, 5.74) is 0. The molecule has 1 aliphatic rings. The van der Waals surface area contributed by atoms with Crippen molar-refractivity contribution in [1.82, 2.24) is 15.3 Å². The van der Waals surface area contributed by atoms with E-state index in [0.29, 0.717) is 22.0 Å². The van der Waals surface area contributed by atoms with Crippen molar-refractivity contribution in [3.8, 4) is 0 Å². The van der Waals surface area contributed by atoms with Crippen LogP contribution in [-0.2, 0) is 10.8 Å². The second-order valence-electron chi connectivity index (χ2n) is 3.49. The quantitative estimate of drug-likeness (QED) is 0.807. The molecule has 0 amide bonds. The largest absolute Gasteiger partial charge is 0.313 e. The Hall–Kier alpha value is -0.520. The fourth-order valence-corrected chi connectivity index (χ4v) is 2.81. The van der Waals surface area contributed by atoms with Crippen molar-refractivity contribution in [1.29, 1.82) is 0 Å². The van der Waals surface area contributed by atoms with Crippen molar-refractivity contribution in [3.63, 3.8) is 0 Å². The van der Waals surface area contributed by atoms with Gasteiger partial charge in [0, 0.05) is 11.8 Å². The van der Waals surface area contributed by atoms with Gasteiger partial charge in [-0.2, -0.15) is 0 Å². The summed E-state index contributed by atoms with van der Waals surface area (Å²) >= 11 is 5.65. The van der Waals surface area contributed by atoms with Crippen LogP contribution in [0.2, 0.25) is 5.02 Å². The number of nitrogens with zero attached hydrogens (tertiary/aromatic N) is 2. The Bertz CT molecular complexity index is 351. The molecular weight excluding hydrogens is 234 g/mol. The zero-order valence-electron chi connectivity index (χ0n) is 8.15. The Morgan fingerprint density at radius 2 is 2.27 bits per heavy atom. The van der Waals surface area contributed by atoms with Gasteiger partial charge in [0.25, 0.3) is 0 Å². The first-order chi connectivity index (χ1) is 7.25. The van der Waals surface area contributed by atoms with Gasteiger partial charge in [0.2, 0.25) is 5.16 Å². The first-order valence-electron chi connectivity index (χ1n) is 4.85. The summed E-state index contributed by atoms with van der Waals surface area (Å²) in [4.78, 5) is 7.90. The summed E-state index contributed by atoms with van der Waals surface area (Å²) in [5.74, 6) is 0.585. The Balaban J connectivity index is 1.98. The maximum absolute atomic E-state index is 11.8. The lowest BCUT2D eigenvalue weighted by Gasteiger charge is -2.08. The number of hydrogen-bond acceptors (Lipinski definition) is 4. The van der Waals surface area contributed by atoms with E-state index in [4.69, 9.17) is 11.6 Å². The second kappa shape index (κ2) is 5.01. The van der Waals surface area contributed by atoms with E-state index in [-0.39, 0.29) is 0 Å². The van der Waals surface area contributed by atoms with Gasteiger partial charge in [-0.1, -0.05) is 11.6 Å². The monoisotopic (exact) mass is 245 g/mol. The third-order valence-electron chi connectivity index (χ3n) is 2.32. The highest BCUT2D eigenvalue weighted by molar-refractivity contribution is 7.84. The van der Waals surface area contributed by atoms with Gasteiger partial charge in [-0.25, -0.2) is 9.97 Å². The Kier molecular flexibility index (Phi) is 3.66. The van der Waals surface area contributed by atoms with Crippen molar-refractivity contribution in [3.05, 3.63) is 17.4 Å². The molecular formula is C9H12ClN3OS. The van der Waals surface area contributed by atoms with Gasteiger partial charge < -0.3 is 5.32 Å². The Labute approximate surface area is 95.9 Å². The highest BCUT2D eigenvalue weighted by atomic mass is 35.5. The van der Waals surface area contributed by atoms with Crippen LogP contribution >= 0.6 is 11.6 Å². The smallest absolute Gasteiger partial charge is 0.218 e. The van der Waals surface area contributed by atoms with E-state index in [9.17, 15) is 4.21 Å². The first-order valence-corrected chi connectivity index (χ1v) is 6.55. The van der Waals surface area contributed by atoms with E-state index < -0.39 is 10.8 Å². The van der Waals surface area contributed by atoms with Gasteiger partial charge >= 0.3 is 0 Å². The molecule has 1 N–H and O–H groups in total. The van der Waals surface area contributed by atoms with Crippen LogP contribution in [0.25, 0.3) is 0 Å². The van der Waals surface area contributed by atoms with Crippen molar-refractivity contribution in [2.75, 3.05) is 12.3 Å². The molecule has 1 fully saturated rings. The molecule has 0 aliphatic carbocycles. The van der Waals surface area contributed by atoms with E-state index >= 15 is 0 Å². The number of aromatic nitrogens is 2. The van der Waals surface area contributed by atoms with Crippen LogP contribution in [0.15, 0.2) is 17.6 Å². The van der Waals surface area contributed by atoms with Gasteiger partial charge in [0.05, 0.1) is 28.2 Å². The predicted molar refractivity (Wildman–Crippen MR) is 59.3 cm³/mol. The third kappa shape index (κ3) is 2.96. The van der Waals surface area contributed by atoms with Crippen molar-refractivity contribution >= 4 is 22.4 Å². The molecule has 0 unspecified atom stereocenters. The molecule has 4 nitrogen and oxygen atoms in total. The lowest BCUT2D eigenvalue weighted by Crippen LogP contribution is -2.28. The van der Waals surface area contributed by atoms with Gasteiger partial charge in [-0.3, -0.25) is 4.21 Å². The van der Waals surface area contributed by atoms with Crippen LogP contribution in [0.3, 0.4) is 0 Å². The molecule has 6 heteroatoms. The number of halogens is 1. The zero-order valence-corrected chi connectivity index (χ0v) is 9.72. The van der Waals surface area contributed by atoms with Crippen molar-refractivity contribution in [2.45, 2.75) is 24.0 Å². The average molecular weight is 246 g/mol. The number of rotatable bonds is 3. The maximum atomic E-state index is 11.8. The molecule has 0 saturated carbocycles. The molecule has 2 rings (SSSR count). The van der Waals surface area contributed by atoms with Gasteiger partial charge in [0.15, 0.2) is 0 Å². The Morgan fingerprint density at radius 3 is 2.87 bits per heavy atom. The normalized spacial score (nSPS) is 22.9. The second-order valence-corrected chi connectivity index (χ2v) is 5.32. The van der Waals surface area contributed by atoms with Gasteiger partial charge in [-0.15, -0.1) is 0 Å². The standard InChI is InChI=1S/C9H12ClN3OS/c10-7-4-12-9(13-5-7)15(14)6-8-2-1-3-11-8/h4-5,8,11H,1-3,6H2/t8-,15+/m1/s1. The summed E-state index contributed by atoms with van der Waals surface area (Å²) in [6.45, 7) is 1.02. The molecule has 82 valence electrons. The van der Waals surface area contributed by atoms with Gasteiger partial charge in [-0.05, 0) is 19.4 Å². The SMILES string of the molecule is O=[S@@](C[C@H]1CCCN1)c1ncc(Cl)cn1. The summed E-state index contributed by atoms with van der Waals surface area (Å²) in [5, 5.41) is 4.13. The molecule has 0 aromatic carbocycles. The zero-order chi connectivity index (χ0) is 10.7. The highest BCUT2D eigenvalue weighted by Gasteiger charge is 2.18. The summed E-state index contributed by atoms with van der Waals surface area (Å²) in [6, 6.07) is 0.338. The fraction of sp³-hybridized carbons (Fsp3) is 0.556. The molecule has 1 aliphatic heterocycles. The van der Waals surface area contributed by atoms with E-state index in [0.717, 1.165) is 19.4 Å². The number of nitrogens with one attached hydrogen (secondary N) is 1. The highest BCUT2D eigenvalue weighted by Crippen LogP contribution is 2.10. The molecule has 2 heterocycles. The van der Waals surface area contributed by atoms with E-state index in [2.05, 4.69) is 15.3 Å². The van der Waals surface area contributed by atoms with E-state index in [1.807, 2.05) is 0 Å². The maximum Gasteiger partial charge on any atom is 0.218 e. The molecule has 15 heavy (non-hydrogen) atoms. The minimum atomic E-state index is -1.12. The molecule has 0 bridgehead atoms. The average Bonchev–Trinajstić information content (AvgIpc) is 2.71. The Morgan fingerprint density at radius 1 is 1.53 bits per heavy atom. The fourth-order valence-electron chi connectivity index (χ4n) is 1.57. The molecule has 0 spiro atoms. The molecule has 2 atom stereocenters. The lowest BCUT2D eigenvalue weighted by atomic mass is 10.3. The summed E-state index contributed by atoms with van der Waals surface area (Å²) < 4.78 is 11.8. The van der Waals surface area contributed by atoms with Crippen molar-refractivity contribution < 1.29 is 4.21 Å².